The minimum absolute atomic E-state index is 0.185. The van der Waals surface area contributed by atoms with E-state index in [1.165, 1.54) is 0 Å². The zero-order chi connectivity index (χ0) is 20.0. The number of unbranched alkanes of at least 4 members (excludes halogenated alkanes) is 2. The van der Waals surface area contributed by atoms with Crippen LogP contribution in [0.25, 0.3) is 0 Å². The molecule has 7 heteroatoms. The number of phenolic OH excluding ortho intramolecular Hbond substituents is 1. The first-order valence-electron chi connectivity index (χ1n) is 8.78. The number of aromatic hydroxyl groups is 1. The Morgan fingerprint density at radius 3 is 2.48 bits per heavy atom. The molecule has 0 saturated heterocycles. The first-order chi connectivity index (χ1) is 12.8. The first-order valence-corrected chi connectivity index (χ1v) is 10.9. The van der Waals surface area contributed by atoms with Gasteiger partial charge in [0.2, 0.25) is 0 Å². The molecule has 0 aliphatic heterocycles. The number of aliphatic carboxylic acids is 1. The Balaban J connectivity index is 2.40. The Morgan fingerprint density at radius 1 is 1.22 bits per heavy atom. The molecular formula is C20H23I2NO4. The molecule has 4 N–H and O–H groups in total. The first kappa shape index (κ1) is 22.2. The number of carbonyl (C=O) groups is 1. The maximum Gasteiger partial charge on any atom is 0.320 e. The lowest BCUT2D eigenvalue weighted by atomic mass is 9.96. The highest BCUT2D eigenvalue weighted by Crippen LogP contribution is 2.37. The number of hydrogen-bond acceptors (Lipinski definition) is 4. The normalized spacial score (nSPS) is 12.0. The number of carboxylic acid groups (broad SMARTS) is 1. The lowest BCUT2D eigenvalue weighted by Crippen LogP contribution is -2.32. The monoisotopic (exact) mass is 595 g/mol. The van der Waals surface area contributed by atoms with E-state index in [9.17, 15) is 15.0 Å². The van der Waals surface area contributed by atoms with E-state index < -0.39 is 12.0 Å². The molecule has 2 aromatic carbocycles. The number of carboxylic acids is 1. The molecule has 0 aliphatic rings. The van der Waals surface area contributed by atoms with Gasteiger partial charge >= 0.3 is 5.97 Å². The highest BCUT2D eigenvalue weighted by atomic mass is 127. The van der Waals surface area contributed by atoms with Crippen LogP contribution in [0.2, 0.25) is 0 Å². The number of halogens is 2. The molecule has 0 bridgehead atoms. The summed E-state index contributed by atoms with van der Waals surface area (Å²) in [6.45, 7) is 2.15. The summed E-state index contributed by atoms with van der Waals surface area (Å²) in [5.74, 6) is 0.577. The van der Waals surface area contributed by atoms with Crippen molar-refractivity contribution in [2.75, 3.05) is 0 Å². The third-order valence-electron chi connectivity index (χ3n) is 4.21. The molecule has 146 valence electrons. The Kier molecular flexibility index (Phi) is 8.62. The Bertz CT molecular complexity index is 794. The maximum atomic E-state index is 11.2. The Labute approximate surface area is 186 Å². The van der Waals surface area contributed by atoms with Gasteiger partial charge in [-0.25, -0.2) is 0 Å². The van der Waals surface area contributed by atoms with Gasteiger partial charge in [-0.15, -0.1) is 0 Å². The fourth-order valence-corrected chi connectivity index (χ4v) is 5.03. The second-order valence-corrected chi connectivity index (χ2v) is 8.58. The van der Waals surface area contributed by atoms with Crippen molar-refractivity contribution in [1.29, 1.82) is 0 Å². The topological polar surface area (TPSA) is 92.8 Å². The van der Waals surface area contributed by atoms with E-state index in [2.05, 4.69) is 52.1 Å². The largest absolute Gasteiger partial charge is 0.508 e. The van der Waals surface area contributed by atoms with Gasteiger partial charge in [0.1, 0.15) is 17.5 Å². The molecule has 27 heavy (non-hydrogen) atoms. The van der Waals surface area contributed by atoms with Gasteiger partial charge < -0.3 is 20.7 Å². The van der Waals surface area contributed by atoms with Crippen molar-refractivity contribution in [2.45, 2.75) is 45.1 Å². The smallest absolute Gasteiger partial charge is 0.320 e. The minimum atomic E-state index is -0.996. The van der Waals surface area contributed by atoms with Crippen LogP contribution in [0.4, 0.5) is 0 Å². The van der Waals surface area contributed by atoms with Gasteiger partial charge in [-0.2, -0.15) is 0 Å². The lowest BCUT2D eigenvalue weighted by molar-refractivity contribution is -0.138. The number of rotatable bonds is 9. The number of phenols is 1. The number of ether oxygens (including phenoxy) is 1. The van der Waals surface area contributed by atoms with E-state index in [4.69, 9.17) is 10.5 Å². The van der Waals surface area contributed by atoms with Gasteiger partial charge in [-0.1, -0.05) is 19.8 Å². The summed E-state index contributed by atoms with van der Waals surface area (Å²) in [5.41, 5.74) is 7.86. The fourth-order valence-electron chi connectivity index (χ4n) is 2.74. The third kappa shape index (κ3) is 6.21. The van der Waals surface area contributed by atoms with Crippen LogP contribution in [-0.2, 0) is 17.6 Å². The van der Waals surface area contributed by atoms with Gasteiger partial charge in [-0.3, -0.25) is 4.79 Å². The van der Waals surface area contributed by atoms with Crippen molar-refractivity contribution in [2.24, 2.45) is 5.73 Å². The quantitative estimate of drug-likeness (QED) is 0.278. The number of benzene rings is 2. The van der Waals surface area contributed by atoms with Crippen LogP contribution in [0.5, 0.6) is 17.2 Å². The minimum Gasteiger partial charge on any atom is -0.508 e. The predicted molar refractivity (Wildman–Crippen MR) is 123 cm³/mol. The molecule has 1 unspecified atom stereocenters. The van der Waals surface area contributed by atoms with E-state index in [1.807, 2.05) is 6.07 Å². The van der Waals surface area contributed by atoms with Gasteiger partial charge in [0.05, 0.1) is 7.14 Å². The molecule has 0 amide bonds. The molecule has 0 radical (unpaired) electrons. The summed E-state index contributed by atoms with van der Waals surface area (Å²) in [5, 5.41) is 18.6. The van der Waals surface area contributed by atoms with E-state index in [0.29, 0.717) is 12.2 Å². The average molecular weight is 595 g/mol. The molecule has 0 aliphatic carbocycles. The predicted octanol–water partition coefficient (Wildman–Crippen LogP) is 5.08. The van der Waals surface area contributed by atoms with Crippen LogP contribution >= 0.6 is 45.2 Å². The molecule has 0 spiro atoms. The summed E-state index contributed by atoms with van der Waals surface area (Å²) >= 11 is 4.48. The molecule has 0 aromatic heterocycles. The van der Waals surface area contributed by atoms with Crippen LogP contribution < -0.4 is 10.5 Å². The van der Waals surface area contributed by atoms with Crippen molar-refractivity contribution >= 4 is 51.2 Å². The standard InChI is InChI=1S/C20H23I2NO4/c1-2-3-4-5-15-12(11-17(23)20(25)26)10-16(21)19(18(15)22)27-14-8-6-13(24)7-9-14/h6-10,17,24H,2-5,11,23H2,1H3,(H,25,26). The van der Waals surface area contributed by atoms with E-state index in [0.717, 1.165) is 49.7 Å². The second kappa shape index (κ2) is 10.5. The van der Waals surface area contributed by atoms with Crippen LogP contribution in [-0.4, -0.2) is 22.2 Å². The SMILES string of the molecule is CCCCCc1c(CC(N)C(=O)O)cc(I)c(Oc2ccc(O)cc2)c1I. The van der Waals surface area contributed by atoms with Crippen LogP contribution in [0.15, 0.2) is 30.3 Å². The molecule has 2 rings (SSSR count). The van der Waals surface area contributed by atoms with E-state index in [-0.39, 0.29) is 5.75 Å². The zero-order valence-electron chi connectivity index (χ0n) is 15.0. The fraction of sp³-hybridized carbons (Fsp3) is 0.350. The van der Waals surface area contributed by atoms with Crippen molar-refractivity contribution in [3.63, 3.8) is 0 Å². The average Bonchev–Trinajstić information content (AvgIpc) is 2.62. The van der Waals surface area contributed by atoms with Crippen molar-refractivity contribution < 1.29 is 19.7 Å². The molecular weight excluding hydrogens is 572 g/mol. The summed E-state index contributed by atoms with van der Waals surface area (Å²) in [4.78, 5) is 11.2. The zero-order valence-corrected chi connectivity index (χ0v) is 19.4. The molecule has 5 nitrogen and oxygen atoms in total. The van der Waals surface area contributed by atoms with Crippen LogP contribution in [0.1, 0.15) is 37.3 Å². The van der Waals surface area contributed by atoms with E-state index in [1.54, 1.807) is 24.3 Å². The van der Waals surface area contributed by atoms with Gasteiger partial charge in [0.15, 0.2) is 5.75 Å². The number of hydrogen-bond donors (Lipinski definition) is 3. The van der Waals surface area contributed by atoms with Crippen molar-refractivity contribution in [3.05, 3.63) is 48.6 Å². The van der Waals surface area contributed by atoms with Gasteiger partial charge in [-0.05, 0) is 106 Å². The van der Waals surface area contributed by atoms with Gasteiger partial charge in [0.25, 0.3) is 0 Å². The molecule has 0 heterocycles. The number of nitrogens with two attached hydrogens (primary N) is 1. The summed E-state index contributed by atoms with van der Waals surface area (Å²) in [6.07, 6.45) is 4.41. The summed E-state index contributed by atoms with van der Waals surface area (Å²) < 4.78 is 7.96. The highest BCUT2D eigenvalue weighted by molar-refractivity contribution is 14.1. The van der Waals surface area contributed by atoms with Crippen LogP contribution in [0.3, 0.4) is 0 Å². The molecule has 1 atom stereocenters. The third-order valence-corrected chi connectivity index (χ3v) is 6.16. The summed E-state index contributed by atoms with van der Waals surface area (Å²) in [6, 6.07) is 7.64. The molecule has 2 aromatic rings. The lowest BCUT2D eigenvalue weighted by Gasteiger charge is -2.19. The Hall–Kier alpha value is -1.07. The van der Waals surface area contributed by atoms with Crippen LogP contribution in [0, 0.1) is 7.14 Å². The maximum absolute atomic E-state index is 11.2. The Morgan fingerprint density at radius 2 is 1.89 bits per heavy atom. The van der Waals surface area contributed by atoms with Gasteiger partial charge in [0, 0.05) is 0 Å². The van der Waals surface area contributed by atoms with Crippen molar-refractivity contribution in [3.8, 4) is 17.2 Å². The van der Waals surface area contributed by atoms with E-state index >= 15 is 0 Å². The highest BCUT2D eigenvalue weighted by Gasteiger charge is 2.21. The second-order valence-electron chi connectivity index (χ2n) is 6.34. The summed E-state index contributed by atoms with van der Waals surface area (Å²) in [7, 11) is 0. The molecule has 0 saturated carbocycles. The molecule has 0 fully saturated rings. The van der Waals surface area contributed by atoms with Crippen molar-refractivity contribution in [1.82, 2.24) is 0 Å².